The first-order chi connectivity index (χ1) is 9.67. The summed E-state index contributed by atoms with van der Waals surface area (Å²) in [6.07, 6.45) is 3.95. The lowest BCUT2D eigenvalue weighted by Gasteiger charge is -2.24. The van der Waals surface area contributed by atoms with E-state index in [1.54, 1.807) is 13.4 Å². The van der Waals surface area contributed by atoms with Crippen molar-refractivity contribution in [1.29, 1.82) is 0 Å². The number of ether oxygens (including phenoxy) is 1. The number of hydrogen-bond donors (Lipinski definition) is 2. The van der Waals surface area contributed by atoms with Gasteiger partial charge in [0.05, 0.1) is 12.1 Å². The van der Waals surface area contributed by atoms with Crippen molar-refractivity contribution in [2.75, 3.05) is 20.2 Å². The Kier molecular flexibility index (Phi) is 4.94. The van der Waals surface area contributed by atoms with Gasteiger partial charge in [0.2, 0.25) is 0 Å². The molecule has 7 heteroatoms. The summed E-state index contributed by atoms with van der Waals surface area (Å²) in [6, 6.07) is 0. The molecule has 1 aliphatic rings. The maximum Gasteiger partial charge on any atom is 0.191 e. The fourth-order valence-electron chi connectivity index (χ4n) is 2.31. The Balaban J connectivity index is 1.81. The molecule has 1 saturated heterocycles. The van der Waals surface area contributed by atoms with Gasteiger partial charge in [-0.05, 0) is 26.7 Å². The maximum absolute atomic E-state index is 5.75. The van der Waals surface area contributed by atoms with Gasteiger partial charge in [0, 0.05) is 26.7 Å². The summed E-state index contributed by atoms with van der Waals surface area (Å²) >= 11 is 0. The standard InChI is InChI=1S/C13H24N6O/c1-4-19-10-17-18-11(19)8-15-12(14-3)16-9-13(2)6-5-7-20-13/h10H,4-9H2,1-3H3,(H2,14,15,16). The van der Waals surface area contributed by atoms with Gasteiger partial charge in [-0.3, -0.25) is 4.99 Å². The van der Waals surface area contributed by atoms with E-state index in [1.165, 1.54) is 0 Å². The van der Waals surface area contributed by atoms with Gasteiger partial charge in [-0.15, -0.1) is 10.2 Å². The number of aromatic nitrogens is 3. The van der Waals surface area contributed by atoms with Gasteiger partial charge < -0.3 is 19.9 Å². The van der Waals surface area contributed by atoms with Crippen molar-refractivity contribution in [3.63, 3.8) is 0 Å². The van der Waals surface area contributed by atoms with Crippen LogP contribution in [0.5, 0.6) is 0 Å². The van der Waals surface area contributed by atoms with E-state index in [2.05, 4.69) is 39.7 Å². The number of nitrogens with zero attached hydrogens (tertiary/aromatic N) is 4. The molecule has 0 spiro atoms. The lowest BCUT2D eigenvalue weighted by atomic mass is 10.0. The molecule has 2 rings (SSSR count). The first kappa shape index (κ1) is 14.8. The quantitative estimate of drug-likeness (QED) is 0.608. The number of rotatable bonds is 5. The molecule has 0 saturated carbocycles. The van der Waals surface area contributed by atoms with Crippen molar-refractivity contribution in [3.05, 3.63) is 12.2 Å². The summed E-state index contributed by atoms with van der Waals surface area (Å²) in [7, 11) is 1.76. The van der Waals surface area contributed by atoms with Crippen LogP contribution in [-0.4, -0.2) is 46.5 Å². The van der Waals surface area contributed by atoms with Gasteiger partial charge in [-0.2, -0.15) is 0 Å². The van der Waals surface area contributed by atoms with Gasteiger partial charge in [-0.1, -0.05) is 0 Å². The minimum absolute atomic E-state index is 0.0823. The molecule has 0 amide bonds. The predicted octanol–water partition coefficient (Wildman–Crippen LogP) is 0.532. The van der Waals surface area contributed by atoms with E-state index in [1.807, 2.05) is 4.57 Å². The number of aryl methyl sites for hydroxylation is 1. The first-order valence-corrected chi connectivity index (χ1v) is 7.12. The van der Waals surface area contributed by atoms with Gasteiger partial charge in [0.25, 0.3) is 0 Å². The fourth-order valence-corrected chi connectivity index (χ4v) is 2.31. The zero-order valence-electron chi connectivity index (χ0n) is 12.5. The Labute approximate surface area is 119 Å². The van der Waals surface area contributed by atoms with Gasteiger partial charge >= 0.3 is 0 Å². The molecule has 0 aliphatic carbocycles. The number of nitrogens with one attached hydrogen (secondary N) is 2. The van der Waals surface area contributed by atoms with E-state index < -0.39 is 0 Å². The smallest absolute Gasteiger partial charge is 0.191 e. The molecule has 1 unspecified atom stereocenters. The second kappa shape index (κ2) is 6.69. The van der Waals surface area contributed by atoms with Gasteiger partial charge in [0.15, 0.2) is 11.8 Å². The van der Waals surface area contributed by atoms with Crippen LogP contribution in [0.2, 0.25) is 0 Å². The largest absolute Gasteiger partial charge is 0.373 e. The monoisotopic (exact) mass is 280 g/mol. The molecular weight excluding hydrogens is 256 g/mol. The highest BCUT2D eigenvalue weighted by molar-refractivity contribution is 5.79. The topological polar surface area (TPSA) is 76.4 Å². The Morgan fingerprint density at radius 1 is 1.55 bits per heavy atom. The SMILES string of the molecule is CCn1cnnc1CNC(=NC)NCC1(C)CCCO1. The van der Waals surface area contributed by atoms with E-state index in [9.17, 15) is 0 Å². The van der Waals surface area contributed by atoms with Crippen molar-refractivity contribution in [2.24, 2.45) is 4.99 Å². The predicted molar refractivity (Wildman–Crippen MR) is 77.5 cm³/mol. The number of guanidine groups is 1. The third-order valence-corrected chi connectivity index (χ3v) is 3.60. The Bertz CT molecular complexity index is 449. The molecule has 2 N–H and O–H groups in total. The average Bonchev–Trinajstić information content (AvgIpc) is 3.08. The Hall–Kier alpha value is -1.63. The zero-order chi connectivity index (χ0) is 14.4. The van der Waals surface area contributed by atoms with Crippen LogP contribution >= 0.6 is 0 Å². The van der Waals surface area contributed by atoms with Crippen LogP contribution in [0.1, 0.15) is 32.5 Å². The number of hydrogen-bond acceptors (Lipinski definition) is 4. The molecule has 7 nitrogen and oxygen atoms in total. The minimum atomic E-state index is -0.0823. The molecule has 1 atom stereocenters. The minimum Gasteiger partial charge on any atom is -0.373 e. The van der Waals surface area contributed by atoms with Crippen LogP contribution < -0.4 is 10.6 Å². The van der Waals surface area contributed by atoms with Crippen LogP contribution in [0.4, 0.5) is 0 Å². The molecule has 112 valence electrons. The molecule has 0 aromatic carbocycles. The highest BCUT2D eigenvalue weighted by atomic mass is 16.5. The van der Waals surface area contributed by atoms with Gasteiger partial charge in [0.1, 0.15) is 6.33 Å². The van der Waals surface area contributed by atoms with Crippen LogP contribution in [0.15, 0.2) is 11.3 Å². The molecular formula is C13H24N6O. The second-order valence-electron chi connectivity index (χ2n) is 5.21. The van der Waals surface area contributed by atoms with Crippen molar-refractivity contribution in [1.82, 2.24) is 25.4 Å². The molecule has 1 aromatic rings. The molecule has 1 aliphatic heterocycles. The van der Waals surface area contributed by atoms with Crippen LogP contribution in [-0.2, 0) is 17.8 Å². The molecule has 20 heavy (non-hydrogen) atoms. The normalized spacial score (nSPS) is 23.1. The van der Waals surface area contributed by atoms with Crippen molar-refractivity contribution < 1.29 is 4.74 Å². The number of aliphatic imine (C=N–C) groups is 1. The molecule has 0 bridgehead atoms. The first-order valence-electron chi connectivity index (χ1n) is 7.12. The summed E-state index contributed by atoms with van der Waals surface area (Å²) in [6.45, 7) is 7.27. The third-order valence-electron chi connectivity index (χ3n) is 3.60. The van der Waals surface area contributed by atoms with Crippen molar-refractivity contribution >= 4 is 5.96 Å². The summed E-state index contributed by atoms with van der Waals surface area (Å²) in [5.41, 5.74) is -0.0823. The molecule has 2 heterocycles. The highest BCUT2D eigenvalue weighted by Gasteiger charge is 2.29. The molecule has 1 aromatic heterocycles. The average molecular weight is 280 g/mol. The fraction of sp³-hybridized carbons (Fsp3) is 0.769. The highest BCUT2D eigenvalue weighted by Crippen LogP contribution is 2.23. The summed E-state index contributed by atoms with van der Waals surface area (Å²) in [4.78, 5) is 4.22. The van der Waals surface area contributed by atoms with E-state index in [4.69, 9.17) is 4.74 Å². The summed E-state index contributed by atoms with van der Waals surface area (Å²) < 4.78 is 7.75. The van der Waals surface area contributed by atoms with Crippen LogP contribution in [0.25, 0.3) is 0 Å². The lowest BCUT2D eigenvalue weighted by molar-refractivity contribution is 0.0243. The van der Waals surface area contributed by atoms with E-state index in [0.29, 0.717) is 6.54 Å². The van der Waals surface area contributed by atoms with Crippen LogP contribution in [0, 0.1) is 0 Å². The third kappa shape index (κ3) is 3.69. The Morgan fingerprint density at radius 3 is 3.05 bits per heavy atom. The Morgan fingerprint density at radius 2 is 2.40 bits per heavy atom. The van der Waals surface area contributed by atoms with E-state index in [-0.39, 0.29) is 5.60 Å². The maximum atomic E-state index is 5.75. The summed E-state index contributed by atoms with van der Waals surface area (Å²) in [5, 5.41) is 14.6. The lowest BCUT2D eigenvalue weighted by Crippen LogP contribution is -2.45. The second-order valence-corrected chi connectivity index (χ2v) is 5.21. The van der Waals surface area contributed by atoms with E-state index >= 15 is 0 Å². The zero-order valence-corrected chi connectivity index (χ0v) is 12.5. The van der Waals surface area contributed by atoms with Crippen molar-refractivity contribution in [3.8, 4) is 0 Å². The molecule has 0 radical (unpaired) electrons. The van der Waals surface area contributed by atoms with E-state index in [0.717, 1.165) is 44.3 Å². The van der Waals surface area contributed by atoms with Gasteiger partial charge in [-0.25, -0.2) is 0 Å². The summed E-state index contributed by atoms with van der Waals surface area (Å²) in [5.74, 6) is 1.66. The molecule has 1 fully saturated rings. The van der Waals surface area contributed by atoms with Crippen molar-refractivity contribution in [2.45, 2.75) is 45.4 Å². The van der Waals surface area contributed by atoms with Crippen LogP contribution in [0.3, 0.4) is 0 Å².